The normalized spacial score (nSPS) is 15.7. The van der Waals surface area contributed by atoms with Crippen LogP contribution in [0, 0.1) is 0 Å². The number of hydrogen-bond acceptors (Lipinski definition) is 5. The van der Waals surface area contributed by atoms with E-state index >= 15 is 0 Å². The van der Waals surface area contributed by atoms with E-state index in [2.05, 4.69) is 5.32 Å². The Labute approximate surface area is 194 Å². The van der Waals surface area contributed by atoms with Gasteiger partial charge in [0.15, 0.2) is 0 Å². The lowest BCUT2D eigenvalue weighted by Gasteiger charge is -2.24. The van der Waals surface area contributed by atoms with Crippen LogP contribution >= 0.6 is 0 Å². The molecule has 7 nitrogen and oxygen atoms in total. The lowest BCUT2D eigenvalue weighted by atomic mass is 10.2. The minimum Gasteiger partial charge on any atom is -0.457 e. The molecule has 3 aromatic carbocycles. The van der Waals surface area contributed by atoms with Gasteiger partial charge in [-0.1, -0.05) is 36.4 Å². The number of para-hydroxylation sites is 1. The first-order valence-corrected chi connectivity index (χ1v) is 12.3. The first-order valence-electron chi connectivity index (χ1n) is 10.8. The van der Waals surface area contributed by atoms with Gasteiger partial charge in [-0.25, -0.2) is 8.42 Å². The number of amides is 1. The van der Waals surface area contributed by atoms with Crippen molar-refractivity contribution in [3.05, 3.63) is 84.9 Å². The van der Waals surface area contributed by atoms with E-state index in [9.17, 15) is 13.2 Å². The van der Waals surface area contributed by atoms with Crippen LogP contribution in [0.3, 0.4) is 0 Å². The second-order valence-electron chi connectivity index (χ2n) is 7.67. The molecule has 1 N–H and O–H groups in total. The first-order chi connectivity index (χ1) is 16.0. The van der Waals surface area contributed by atoms with Gasteiger partial charge in [-0.2, -0.15) is 0 Å². The van der Waals surface area contributed by atoms with Gasteiger partial charge in [0.2, 0.25) is 5.91 Å². The van der Waals surface area contributed by atoms with E-state index in [1.807, 2.05) is 30.3 Å². The molecule has 0 spiro atoms. The first kappa shape index (κ1) is 22.8. The Hall–Kier alpha value is -3.36. The summed E-state index contributed by atoms with van der Waals surface area (Å²) in [7, 11) is -3.96. The highest BCUT2D eigenvalue weighted by Crippen LogP contribution is 2.28. The van der Waals surface area contributed by atoms with E-state index in [1.54, 1.807) is 42.5 Å². The summed E-state index contributed by atoms with van der Waals surface area (Å²) in [5.41, 5.74) is 0.367. The number of anilines is 1. The Bertz CT molecular complexity index is 1150. The molecule has 1 heterocycles. The number of nitrogens with zero attached hydrogens (tertiary/aromatic N) is 1. The highest BCUT2D eigenvalue weighted by atomic mass is 32.2. The average molecular weight is 467 g/mol. The van der Waals surface area contributed by atoms with Crippen LogP contribution in [0.4, 0.5) is 5.69 Å². The summed E-state index contributed by atoms with van der Waals surface area (Å²) < 4.78 is 39.2. The van der Waals surface area contributed by atoms with Gasteiger partial charge in [-0.15, -0.1) is 0 Å². The monoisotopic (exact) mass is 466 g/mol. The summed E-state index contributed by atoms with van der Waals surface area (Å²) in [4.78, 5) is 12.8. The maximum absolute atomic E-state index is 13.4. The van der Waals surface area contributed by atoms with Gasteiger partial charge in [0.1, 0.15) is 18.0 Å². The standard InChI is InChI=1S/C25H26N2O5S/c28-25(26-18-23-10-7-17-31-23)19-27(33(29,30)24-11-5-2-6-12-24)20-13-15-22(16-14-20)32-21-8-3-1-4-9-21/h1-6,8-9,11-16,23H,7,10,17-19H2,(H,26,28). The van der Waals surface area contributed by atoms with Gasteiger partial charge in [-0.05, 0) is 61.4 Å². The molecule has 33 heavy (non-hydrogen) atoms. The van der Waals surface area contributed by atoms with Crippen molar-refractivity contribution in [3.8, 4) is 11.5 Å². The molecular formula is C25H26N2O5S. The van der Waals surface area contributed by atoms with Crippen LogP contribution in [-0.4, -0.2) is 40.1 Å². The smallest absolute Gasteiger partial charge is 0.264 e. The summed E-state index contributed by atoms with van der Waals surface area (Å²) in [5, 5.41) is 2.80. The third-order valence-corrected chi connectivity index (χ3v) is 7.06. The summed E-state index contributed by atoms with van der Waals surface area (Å²) in [6, 6.07) is 24.0. The second kappa shape index (κ2) is 10.5. The maximum Gasteiger partial charge on any atom is 0.264 e. The Kier molecular flexibility index (Phi) is 7.26. The molecule has 1 aliphatic rings. The van der Waals surface area contributed by atoms with Crippen LogP contribution in [0.15, 0.2) is 89.8 Å². The second-order valence-corrected chi connectivity index (χ2v) is 9.54. The molecule has 0 radical (unpaired) electrons. The van der Waals surface area contributed by atoms with Crippen LogP contribution in [0.25, 0.3) is 0 Å². The Morgan fingerprint density at radius 3 is 2.21 bits per heavy atom. The van der Waals surface area contributed by atoms with Gasteiger partial charge < -0.3 is 14.8 Å². The van der Waals surface area contributed by atoms with E-state index in [1.165, 1.54) is 12.1 Å². The molecule has 0 saturated carbocycles. The van der Waals surface area contributed by atoms with Crippen molar-refractivity contribution in [3.63, 3.8) is 0 Å². The highest BCUT2D eigenvalue weighted by molar-refractivity contribution is 7.92. The zero-order chi connectivity index (χ0) is 23.1. The van der Waals surface area contributed by atoms with E-state index < -0.39 is 15.9 Å². The van der Waals surface area contributed by atoms with Crippen LogP contribution in [0.5, 0.6) is 11.5 Å². The number of carbonyl (C=O) groups is 1. The summed E-state index contributed by atoms with van der Waals surface area (Å²) in [5.74, 6) is 0.840. The summed E-state index contributed by atoms with van der Waals surface area (Å²) >= 11 is 0. The fourth-order valence-corrected chi connectivity index (χ4v) is 5.00. The van der Waals surface area contributed by atoms with E-state index in [4.69, 9.17) is 9.47 Å². The third kappa shape index (κ3) is 5.91. The lowest BCUT2D eigenvalue weighted by Crippen LogP contribution is -2.42. The molecule has 172 valence electrons. The topological polar surface area (TPSA) is 84.9 Å². The van der Waals surface area contributed by atoms with Crippen LogP contribution < -0.4 is 14.4 Å². The van der Waals surface area contributed by atoms with Crippen molar-refractivity contribution < 1.29 is 22.7 Å². The van der Waals surface area contributed by atoms with Crippen LogP contribution in [0.2, 0.25) is 0 Å². The number of carbonyl (C=O) groups excluding carboxylic acids is 1. The predicted molar refractivity (Wildman–Crippen MR) is 126 cm³/mol. The molecule has 3 aromatic rings. The molecule has 1 atom stereocenters. The van der Waals surface area contributed by atoms with Gasteiger partial charge >= 0.3 is 0 Å². The SMILES string of the molecule is O=C(CN(c1ccc(Oc2ccccc2)cc1)S(=O)(=O)c1ccccc1)NCC1CCCO1. The van der Waals surface area contributed by atoms with E-state index in [-0.39, 0.29) is 17.5 Å². The molecule has 1 unspecified atom stereocenters. The van der Waals surface area contributed by atoms with Gasteiger partial charge in [-0.3, -0.25) is 9.10 Å². The van der Waals surface area contributed by atoms with Crippen molar-refractivity contribution in [2.45, 2.75) is 23.8 Å². The number of ether oxygens (including phenoxy) is 2. The summed E-state index contributed by atoms with van der Waals surface area (Å²) in [6.45, 7) is 0.706. The average Bonchev–Trinajstić information content (AvgIpc) is 3.37. The van der Waals surface area contributed by atoms with Crippen molar-refractivity contribution in [1.29, 1.82) is 0 Å². The third-order valence-electron chi connectivity index (χ3n) is 5.27. The fraction of sp³-hybridized carbons (Fsp3) is 0.240. The summed E-state index contributed by atoms with van der Waals surface area (Å²) in [6.07, 6.45) is 1.82. The van der Waals surface area contributed by atoms with Gasteiger partial charge in [0, 0.05) is 13.2 Å². The minimum atomic E-state index is -3.96. The molecule has 0 aromatic heterocycles. The lowest BCUT2D eigenvalue weighted by molar-refractivity contribution is -0.120. The van der Waals surface area contributed by atoms with Crippen LogP contribution in [0.1, 0.15) is 12.8 Å². The maximum atomic E-state index is 13.4. The van der Waals surface area contributed by atoms with E-state index in [0.717, 1.165) is 17.1 Å². The molecule has 1 amide bonds. The molecule has 1 saturated heterocycles. The largest absolute Gasteiger partial charge is 0.457 e. The minimum absolute atomic E-state index is 0.0254. The fourth-order valence-electron chi connectivity index (χ4n) is 3.56. The highest BCUT2D eigenvalue weighted by Gasteiger charge is 2.27. The number of nitrogens with one attached hydrogen (secondary N) is 1. The quantitative estimate of drug-likeness (QED) is 0.516. The van der Waals surface area contributed by atoms with Crippen LogP contribution in [-0.2, 0) is 19.6 Å². The molecule has 0 aliphatic carbocycles. The number of hydrogen-bond donors (Lipinski definition) is 1. The zero-order valence-electron chi connectivity index (χ0n) is 18.1. The van der Waals surface area contributed by atoms with Gasteiger partial charge in [0.25, 0.3) is 10.0 Å². The number of sulfonamides is 1. The molecule has 4 rings (SSSR count). The van der Waals surface area contributed by atoms with E-state index in [0.29, 0.717) is 30.3 Å². The molecule has 8 heteroatoms. The number of benzene rings is 3. The zero-order valence-corrected chi connectivity index (χ0v) is 18.9. The molecule has 1 aliphatic heterocycles. The predicted octanol–water partition coefficient (Wildman–Crippen LogP) is 3.97. The molecule has 1 fully saturated rings. The van der Waals surface area contributed by atoms with Crippen molar-refractivity contribution in [1.82, 2.24) is 5.32 Å². The Morgan fingerprint density at radius 1 is 0.939 bits per heavy atom. The molecule has 0 bridgehead atoms. The molecular weight excluding hydrogens is 440 g/mol. The van der Waals surface area contributed by atoms with Crippen molar-refractivity contribution in [2.75, 3.05) is 24.0 Å². The van der Waals surface area contributed by atoms with Crippen molar-refractivity contribution >= 4 is 21.6 Å². The van der Waals surface area contributed by atoms with Gasteiger partial charge in [0.05, 0.1) is 16.7 Å². The number of rotatable bonds is 9. The Balaban J connectivity index is 1.54. The Morgan fingerprint density at radius 2 is 1.58 bits per heavy atom. The van der Waals surface area contributed by atoms with Crippen molar-refractivity contribution in [2.24, 2.45) is 0 Å².